The standard InChI is InChI=1S/C32H31BrN4O4/c1-19(34-2)31(39)36-25-18-37(26-12-8-7-11-24(26)35-32(25)40)29(30(38)20-9-5-4-6-10-20)28-23-15-14-22(33)17-21(23)13-16-27(28)41-3/h4-17,19,25,29,34H,18H2,1-3H3,(H,35,40)(H,36,39)/t19-,25-,29?/m0/s1. The van der Waals surface area contributed by atoms with Gasteiger partial charge in [0.15, 0.2) is 5.78 Å². The van der Waals surface area contributed by atoms with E-state index in [1.807, 2.05) is 71.6 Å². The van der Waals surface area contributed by atoms with Crippen molar-refractivity contribution in [2.45, 2.75) is 25.0 Å². The van der Waals surface area contributed by atoms with Gasteiger partial charge in [0.2, 0.25) is 11.8 Å². The summed E-state index contributed by atoms with van der Waals surface area (Å²) in [7, 11) is 3.26. The van der Waals surface area contributed by atoms with Crippen molar-refractivity contribution in [3.8, 4) is 5.75 Å². The Morgan fingerprint density at radius 3 is 2.49 bits per heavy atom. The third-order valence-corrected chi connectivity index (χ3v) is 7.90. The first-order valence-corrected chi connectivity index (χ1v) is 14.1. The van der Waals surface area contributed by atoms with Crippen LogP contribution in [0.25, 0.3) is 10.8 Å². The van der Waals surface area contributed by atoms with Crippen molar-refractivity contribution < 1.29 is 19.1 Å². The Morgan fingerprint density at radius 1 is 1.02 bits per heavy atom. The number of rotatable bonds is 8. The van der Waals surface area contributed by atoms with E-state index in [0.29, 0.717) is 28.3 Å². The molecule has 41 heavy (non-hydrogen) atoms. The lowest BCUT2D eigenvalue weighted by atomic mass is 9.90. The third kappa shape index (κ3) is 5.68. The normalized spacial score (nSPS) is 16.2. The number of anilines is 2. The molecule has 1 heterocycles. The summed E-state index contributed by atoms with van der Waals surface area (Å²) < 4.78 is 6.77. The van der Waals surface area contributed by atoms with E-state index in [4.69, 9.17) is 4.74 Å². The predicted molar refractivity (Wildman–Crippen MR) is 165 cm³/mol. The third-order valence-electron chi connectivity index (χ3n) is 7.41. The number of para-hydroxylation sites is 2. The second-order valence-electron chi connectivity index (χ2n) is 9.91. The number of nitrogens with one attached hydrogen (secondary N) is 3. The summed E-state index contributed by atoms with van der Waals surface area (Å²) in [6.45, 7) is 1.77. The topological polar surface area (TPSA) is 99.8 Å². The number of hydrogen-bond donors (Lipinski definition) is 3. The molecule has 1 aliphatic rings. The van der Waals surface area contributed by atoms with Gasteiger partial charge in [0, 0.05) is 22.1 Å². The van der Waals surface area contributed by atoms with E-state index in [9.17, 15) is 14.4 Å². The number of fused-ring (bicyclic) bond motifs is 2. The molecule has 0 spiro atoms. The second kappa shape index (κ2) is 12.1. The number of nitrogens with zero attached hydrogens (tertiary/aromatic N) is 1. The molecule has 0 saturated carbocycles. The maximum atomic E-state index is 14.6. The van der Waals surface area contributed by atoms with Crippen molar-refractivity contribution in [1.82, 2.24) is 10.6 Å². The fraction of sp³-hybridized carbons (Fsp3) is 0.219. The van der Waals surface area contributed by atoms with Gasteiger partial charge in [-0.15, -0.1) is 0 Å². The molecule has 9 heteroatoms. The van der Waals surface area contributed by atoms with Gasteiger partial charge in [-0.1, -0.05) is 70.5 Å². The lowest BCUT2D eigenvalue weighted by Gasteiger charge is -2.35. The highest BCUT2D eigenvalue weighted by Gasteiger charge is 2.39. The zero-order valence-corrected chi connectivity index (χ0v) is 24.6. The number of carbonyl (C=O) groups is 3. The highest BCUT2D eigenvalue weighted by molar-refractivity contribution is 9.10. The van der Waals surface area contributed by atoms with Crippen LogP contribution >= 0.6 is 15.9 Å². The fourth-order valence-electron chi connectivity index (χ4n) is 5.16. The Bertz CT molecular complexity index is 1610. The minimum Gasteiger partial charge on any atom is -0.496 e. The van der Waals surface area contributed by atoms with E-state index in [1.54, 1.807) is 39.3 Å². The van der Waals surface area contributed by atoms with Crippen molar-refractivity contribution in [2.24, 2.45) is 0 Å². The van der Waals surface area contributed by atoms with Gasteiger partial charge in [0.1, 0.15) is 17.8 Å². The summed E-state index contributed by atoms with van der Waals surface area (Å²) in [4.78, 5) is 42.9. The minimum absolute atomic E-state index is 0.0460. The van der Waals surface area contributed by atoms with Crippen molar-refractivity contribution in [2.75, 3.05) is 30.9 Å². The van der Waals surface area contributed by atoms with Crippen molar-refractivity contribution in [3.05, 3.63) is 101 Å². The van der Waals surface area contributed by atoms with Crippen LogP contribution < -0.4 is 25.6 Å². The lowest BCUT2D eigenvalue weighted by Crippen LogP contribution is -2.54. The van der Waals surface area contributed by atoms with Crippen molar-refractivity contribution in [3.63, 3.8) is 0 Å². The Morgan fingerprint density at radius 2 is 1.76 bits per heavy atom. The molecular formula is C32H31BrN4O4. The highest BCUT2D eigenvalue weighted by atomic mass is 79.9. The molecule has 1 aliphatic heterocycles. The Hall–Kier alpha value is -4.21. The molecule has 4 aromatic carbocycles. The number of amides is 2. The van der Waals surface area contributed by atoms with Crippen LogP contribution in [0.4, 0.5) is 11.4 Å². The summed E-state index contributed by atoms with van der Waals surface area (Å²) in [5.74, 6) is -0.315. The van der Waals surface area contributed by atoms with Gasteiger partial charge in [0.25, 0.3) is 0 Å². The molecule has 1 unspecified atom stereocenters. The van der Waals surface area contributed by atoms with Crippen LogP contribution in [-0.2, 0) is 9.59 Å². The number of carbonyl (C=O) groups excluding carboxylic acids is 3. The number of benzene rings is 4. The Balaban J connectivity index is 1.75. The molecule has 5 rings (SSSR count). The Kier molecular flexibility index (Phi) is 8.37. The van der Waals surface area contributed by atoms with E-state index in [2.05, 4.69) is 31.9 Å². The monoisotopic (exact) mass is 614 g/mol. The fourth-order valence-corrected chi connectivity index (χ4v) is 5.54. The molecule has 3 N–H and O–H groups in total. The first-order chi connectivity index (χ1) is 19.8. The molecule has 0 bridgehead atoms. The summed E-state index contributed by atoms with van der Waals surface area (Å²) in [6.07, 6.45) is 0. The van der Waals surface area contributed by atoms with Gasteiger partial charge in [-0.05, 0) is 55.1 Å². The van der Waals surface area contributed by atoms with Gasteiger partial charge >= 0.3 is 0 Å². The van der Waals surface area contributed by atoms with E-state index in [1.165, 1.54) is 0 Å². The quantitative estimate of drug-likeness (QED) is 0.239. The maximum absolute atomic E-state index is 14.6. The molecule has 8 nitrogen and oxygen atoms in total. The van der Waals surface area contributed by atoms with E-state index >= 15 is 0 Å². The first-order valence-electron chi connectivity index (χ1n) is 13.3. The van der Waals surface area contributed by atoms with Crippen LogP contribution in [0.3, 0.4) is 0 Å². The van der Waals surface area contributed by atoms with Crippen LogP contribution in [-0.4, -0.2) is 50.4 Å². The average Bonchev–Trinajstić information content (AvgIpc) is 3.13. The molecule has 0 saturated heterocycles. The summed E-state index contributed by atoms with van der Waals surface area (Å²) >= 11 is 3.56. The molecule has 0 aromatic heterocycles. The predicted octanol–water partition coefficient (Wildman–Crippen LogP) is 5.09. The number of methoxy groups -OCH3 is 1. The zero-order chi connectivity index (χ0) is 29.1. The van der Waals surface area contributed by atoms with Crippen LogP contribution in [0.15, 0.2) is 89.4 Å². The van der Waals surface area contributed by atoms with Crippen LogP contribution in [0.5, 0.6) is 5.75 Å². The average molecular weight is 616 g/mol. The highest BCUT2D eigenvalue weighted by Crippen LogP contribution is 2.43. The molecule has 0 aliphatic carbocycles. The van der Waals surface area contributed by atoms with E-state index < -0.39 is 18.1 Å². The van der Waals surface area contributed by atoms with E-state index in [0.717, 1.165) is 15.2 Å². The van der Waals surface area contributed by atoms with Gasteiger partial charge in [0.05, 0.1) is 24.5 Å². The molecule has 3 atom stereocenters. The van der Waals surface area contributed by atoms with Gasteiger partial charge in [-0.25, -0.2) is 0 Å². The Labute approximate surface area is 247 Å². The summed E-state index contributed by atoms with van der Waals surface area (Å²) in [5, 5.41) is 10.5. The lowest BCUT2D eigenvalue weighted by molar-refractivity contribution is -0.127. The zero-order valence-electron chi connectivity index (χ0n) is 23.0. The number of Topliss-reactive ketones (excluding diaryl/α,β-unsaturated/α-hetero) is 1. The first kappa shape index (κ1) is 28.3. The number of hydrogen-bond acceptors (Lipinski definition) is 6. The number of likely N-dealkylation sites (N-methyl/N-ethyl adjacent to an activating group) is 1. The van der Waals surface area contributed by atoms with Crippen molar-refractivity contribution in [1.29, 1.82) is 0 Å². The SMILES string of the molecule is CN[C@@H](C)C(=O)N[C@H]1CN(C(C(=O)c2ccccc2)c2c(OC)ccc3cc(Br)ccc23)c2ccccc2NC1=O. The molecule has 0 radical (unpaired) electrons. The molecular weight excluding hydrogens is 584 g/mol. The van der Waals surface area contributed by atoms with Gasteiger partial charge in [-0.2, -0.15) is 0 Å². The minimum atomic E-state index is -0.938. The molecule has 210 valence electrons. The van der Waals surface area contributed by atoms with Crippen LogP contribution in [0.2, 0.25) is 0 Å². The second-order valence-corrected chi connectivity index (χ2v) is 10.8. The largest absolute Gasteiger partial charge is 0.496 e. The summed E-state index contributed by atoms with van der Waals surface area (Å²) in [5.41, 5.74) is 2.39. The smallest absolute Gasteiger partial charge is 0.248 e. The molecule has 4 aromatic rings. The van der Waals surface area contributed by atoms with Gasteiger partial charge < -0.3 is 25.6 Å². The van der Waals surface area contributed by atoms with Gasteiger partial charge in [-0.3, -0.25) is 14.4 Å². The number of halogens is 1. The molecule has 2 amide bonds. The van der Waals surface area contributed by atoms with E-state index in [-0.39, 0.29) is 24.1 Å². The van der Waals surface area contributed by atoms with Crippen LogP contribution in [0.1, 0.15) is 28.9 Å². The van der Waals surface area contributed by atoms with Crippen LogP contribution in [0, 0.1) is 0 Å². The maximum Gasteiger partial charge on any atom is 0.248 e. The van der Waals surface area contributed by atoms with Crippen molar-refractivity contribution >= 4 is 55.7 Å². The molecule has 0 fully saturated rings. The summed E-state index contributed by atoms with van der Waals surface area (Å²) in [6, 6.07) is 23.8. The number of ketones is 1. The number of ether oxygens (including phenoxy) is 1.